The molecule has 3 nitrogen and oxygen atoms in total. The molecule has 2 rings (SSSR count). The van der Waals surface area contributed by atoms with E-state index in [1.165, 1.54) is 6.42 Å². The van der Waals surface area contributed by atoms with Gasteiger partial charge in [0.05, 0.1) is 0 Å². The molecule has 0 saturated heterocycles. The number of benzene rings is 1. The van der Waals surface area contributed by atoms with Gasteiger partial charge in [-0.25, -0.2) is 4.98 Å². The smallest absolute Gasteiger partial charge is 0.149 e. The lowest BCUT2D eigenvalue weighted by Gasteiger charge is -2.32. The van der Waals surface area contributed by atoms with E-state index in [0.29, 0.717) is 16.6 Å². The maximum atomic E-state index is 10.5. The van der Waals surface area contributed by atoms with E-state index in [0.717, 1.165) is 23.8 Å². The first-order valence-electron chi connectivity index (χ1n) is 8.81. The van der Waals surface area contributed by atoms with Crippen LogP contribution in [0.4, 0.5) is 0 Å². The van der Waals surface area contributed by atoms with Gasteiger partial charge in [0.25, 0.3) is 0 Å². The lowest BCUT2D eigenvalue weighted by molar-refractivity contribution is 0.200. The molecule has 0 aliphatic heterocycles. The Morgan fingerprint density at radius 3 is 2.44 bits per heavy atom. The van der Waals surface area contributed by atoms with Crippen LogP contribution in [-0.2, 0) is 0 Å². The minimum Gasteiger partial charge on any atom is -0.505 e. The van der Waals surface area contributed by atoms with Gasteiger partial charge in [-0.2, -0.15) is 5.26 Å². The molecule has 0 aliphatic carbocycles. The average molecular weight is 336 g/mol. The number of rotatable bonds is 5. The number of pyridine rings is 1. The molecule has 1 heterocycles. The molecule has 25 heavy (non-hydrogen) atoms. The Kier molecular flexibility index (Phi) is 5.52. The number of nitrogens with zero attached hydrogens (tertiary/aromatic N) is 2. The normalized spacial score (nSPS) is 12.6. The van der Waals surface area contributed by atoms with Crippen LogP contribution in [0.1, 0.15) is 65.1 Å². The van der Waals surface area contributed by atoms with Crippen LogP contribution >= 0.6 is 0 Å². The third kappa shape index (κ3) is 5.32. The number of aromatic hydroxyl groups is 1. The number of phenolic OH excluding ortho intramolecular Hbond substituents is 1. The predicted molar refractivity (Wildman–Crippen MR) is 104 cm³/mol. The van der Waals surface area contributed by atoms with E-state index in [2.05, 4.69) is 45.7 Å². The Morgan fingerprint density at radius 2 is 1.80 bits per heavy atom. The standard InChI is InChI=1S/C22H28N2O/c1-21(2,3)15-22(4,5)13-7-6-8-17-10-9-16-11-12-18(14-23)24-19(16)20(17)25/h6,8-12,25H,7,13,15H2,1-5H3. The van der Waals surface area contributed by atoms with E-state index in [1.807, 2.05) is 30.3 Å². The number of hydrogen-bond acceptors (Lipinski definition) is 3. The van der Waals surface area contributed by atoms with Gasteiger partial charge in [0.2, 0.25) is 0 Å². The molecule has 132 valence electrons. The zero-order valence-electron chi connectivity index (χ0n) is 15.9. The fraction of sp³-hybridized carbons (Fsp3) is 0.455. The summed E-state index contributed by atoms with van der Waals surface area (Å²) in [5.74, 6) is 0.139. The van der Waals surface area contributed by atoms with Crippen molar-refractivity contribution < 1.29 is 5.11 Å². The summed E-state index contributed by atoms with van der Waals surface area (Å²) >= 11 is 0. The lowest BCUT2D eigenvalue weighted by atomic mass is 9.74. The molecule has 2 aromatic rings. The quantitative estimate of drug-likeness (QED) is 0.721. The lowest BCUT2D eigenvalue weighted by Crippen LogP contribution is -2.20. The van der Waals surface area contributed by atoms with Crippen LogP contribution in [0.2, 0.25) is 0 Å². The third-order valence-corrected chi connectivity index (χ3v) is 4.28. The van der Waals surface area contributed by atoms with E-state index in [9.17, 15) is 5.11 Å². The van der Waals surface area contributed by atoms with Crippen molar-refractivity contribution in [3.8, 4) is 11.8 Å². The van der Waals surface area contributed by atoms with Crippen molar-refractivity contribution in [3.05, 3.63) is 41.6 Å². The topological polar surface area (TPSA) is 56.9 Å². The summed E-state index contributed by atoms with van der Waals surface area (Å²) in [5.41, 5.74) is 2.15. The molecular formula is C22H28N2O. The SMILES string of the molecule is CC(C)(C)CC(C)(C)CCC=Cc1ccc2ccc(C#N)nc2c1O. The molecule has 3 heteroatoms. The molecule has 0 saturated carbocycles. The summed E-state index contributed by atoms with van der Waals surface area (Å²) in [6.07, 6.45) is 7.30. The minimum absolute atomic E-state index is 0.139. The van der Waals surface area contributed by atoms with Gasteiger partial charge in [-0.15, -0.1) is 0 Å². The number of phenols is 1. The minimum atomic E-state index is 0.139. The van der Waals surface area contributed by atoms with Gasteiger partial charge in [0.1, 0.15) is 23.0 Å². The summed E-state index contributed by atoms with van der Waals surface area (Å²) in [6, 6.07) is 9.30. The van der Waals surface area contributed by atoms with Crippen molar-refractivity contribution in [2.45, 2.75) is 53.9 Å². The molecule has 0 atom stereocenters. The number of aromatic nitrogens is 1. The van der Waals surface area contributed by atoms with Crippen LogP contribution in [0.5, 0.6) is 5.75 Å². The molecule has 1 N–H and O–H groups in total. The van der Waals surface area contributed by atoms with E-state index >= 15 is 0 Å². The summed E-state index contributed by atoms with van der Waals surface area (Å²) in [4.78, 5) is 4.22. The molecule has 0 bridgehead atoms. The largest absolute Gasteiger partial charge is 0.505 e. The number of fused-ring (bicyclic) bond motifs is 1. The molecule has 0 unspecified atom stereocenters. The Labute approximate surface area is 151 Å². The Bertz CT molecular complexity index is 820. The molecule has 1 aromatic carbocycles. The van der Waals surface area contributed by atoms with Crippen molar-refractivity contribution in [1.82, 2.24) is 4.98 Å². The highest BCUT2D eigenvalue weighted by molar-refractivity contribution is 5.88. The van der Waals surface area contributed by atoms with E-state index in [4.69, 9.17) is 5.26 Å². The third-order valence-electron chi connectivity index (χ3n) is 4.28. The van der Waals surface area contributed by atoms with Gasteiger partial charge in [-0.1, -0.05) is 58.9 Å². The summed E-state index contributed by atoms with van der Waals surface area (Å²) in [7, 11) is 0. The first kappa shape index (κ1) is 19.0. The highest BCUT2D eigenvalue weighted by atomic mass is 16.3. The Morgan fingerprint density at radius 1 is 1.12 bits per heavy atom. The summed E-state index contributed by atoms with van der Waals surface area (Å²) in [6.45, 7) is 11.5. The van der Waals surface area contributed by atoms with Crippen molar-refractivity contribution in [2.75, 3.05) is 0 Å². The van der Waals surface area contributed by atoms with Gasteiger partial charge in [0.15, 0.2) is 0 Å². The summed E-state index contributed by atoms with van der Waals surface area (Å²) < 4.78 is 0. The van der Waals surface area contributed by atoms with E-state index in [1.54, 1.807) is 6.07 Å². The maximum Gasteiger partial charge on any atom is 0.149 e. The fourth-order valence-electron chi connectivity index (χ4n) is 3.59. The second-order valence-corrected chi connectivity index (χ2v) is 8.73. The molecule has 1 aromatic heterocycles. The van der Waals surface area contributed by atoms with Crippen LogP contribution in [0.25, 0.3) is 17.0 Å². The van der Waals surface area contributed by atoms with Crippen molar-refractivity contribution in [2.24, 2.45) is 10.8 Å². The van der Waals surface area contributed by atoms with E-state index in [-0.39, 0.29) is 11.2 Å². The van der Waals surface area contributed by atoms with Crippen molar-refractivity contribution >= 4 is 17.0 Å². The monoisotopic (exact) mass is 336 g/mol. The molecular weight excluding hydrogens is 308 g/mol. The second kappa shape index (κ2) is 7.27. The first-order chi connectivity index (χ1) is 11.6. The molecule has 0 fully saturated rings. The Hall–Kier alpha value is -2.34. The predicted octanol–water partition coefficient (Wildman–Crippen LogP) is 6.07. The molecule has 0 aliphatic rings. The molecule has 0 radical (unpaired) electrons. The number of hydrogen-bond donors (Lipinski definition) is 1. The number of nitriles is 1. The van der Waals surface area contributed by atoms with Crippen LogP contribution in [-0.4, -0.2) is 10.1 Å². The van der Waals surface area contributed by atoms with Gasteiger partial charge in [-0.05, 0) is 42.2 Å². The average Bonchev–Trinajstić information content (AvgIpc) is 2.51. The second-order valence-electron chi connectivity index (χ2n) is 8.73. The number of allylic oxidation sites excluding steroid dienone is 1. The van der Waals surface area contributed by atoms with Gasteiger partial charge in [0, 0.05) is 10.9 Å². The van der Waals surface area contributed by atoms with Crippen LogP contribution in [0, 0.1) is 22.2 Å². The highest BCUT2D eigenvalue weighted by Crippen LogP contribution is 2.37. The fourth-order valence-corrected chi connectivity index (χ4v) is 3.59. The van der Waals surface area contributed by atoms with Gasteiger partial charge in [-0.3, -0.25) is 0 Å². The maximum absolute atomic E-state index is 10.5. The van der Waals surface area contributed by atoms with Crippen LogP contribution in [0.15, 0.2) is 30.3 Å². The first-order valence-corrected chi connectivity index (χ1v) is 8.81. The zero-order valence-corrected chi connectivity index (χ0v) is 15.9. The van der Waals surface area contributed by atoms with Gasteiger partial charge >= 0.3 is 0 Å². The van der Waals surface area contributed by atoms with Gasteiger partial charge < -0.3 is 5.11 Å². The molecule has 0 spiro atoms. The van der Waals surface area contributed by atoms with E-state index < -0.39 is 0 Å². The molecule has 0 amide bonds. The van der Waals surface area contributed by atoms with Crippen LogP contribution in [0.3, 0.4) is 0 Å². The van der Waals surface area contributed by atoms with Crippen molar-refractivity contribution in [1.29, 1.82) is 5.26 Å². The van der Waals surface area contributed by atoms with Crippen molar-refractivity contribution in [3.63, 3.8) is 0 Å². The van der Waals surface area contributed by atoms with Crippen LogP contribution < -0.4 is 0 Å². The summed E-state index contributed by atoms with van der Waals surface area (Å²) in [5, 5.41) is 20.3. The zero-order chi connectivity index (χ0) is 18.7. The Balaban J connectivity index is 2.11. The highest BCUT2D eigenvalue weighted by Gasteiger charge is 2.24.